The van der Waals surface area contributed by atoms with E-state index in [2.05, 4.69) is 10.1 Å². The Balaban J connectivity index is 2.45. The minimum absolute atomic E-state index is 0.0248. The van der Waals surface area contributed by atoms with Gasteiger partial charge in [-0.15, -0.1) is 0 Å². The highest BCUT2D eigenvalue weighted by atomic mass is 16.5. The predicted octanol–water partition coefficient (Wildman–Crippen LogP) is -0.0644. The van der Waals surface area contributed by atoms with Gasteiger partial charge in [0, 0.05) is 25.6 Å². The van der Waals surface area contributed by atoms with Crippen LogP contribution < -0.4 is 5.32 Å². The van der Waals surface area contributed by atoms with Crippen molar-refractivity contribution in [1.82, 2.24) is 5.32 Å². The molecule has 1 amide bonds. The van der Waals surface area contributed by atoms with E-state index in [9.17, 15) is 14.4 Å². The third kappa shape index (κ3) is 5.25. The van der Waals surface area contributed by atoms with Crippen LogP contribution in [0.2, 0.25) is 0 Å². The zero-order valence-corrected chi connectivity index (χ0v) is 10.9. The van der Waals surface area contributed by atoms with Crippen molar-refractivity contribution in [2.75, 3.05) is 20.3 Å². The molecule has 7 nitrogen and oxygen atoms in total. The smallest absolute Gasteiger partial charge is 0.326 e. The lowest BCUT2D eigenvalue weighted by Crippen LogP contribution is -2.45. The van der Waals surface area contributed by atoms with Crippen molar-refractivity contribution in [2.24, 2.45) is 5.92 Å². The maximum absolute atomic E-state index is 11.9. The Morgan fingerprint density at radius 2 is 2.00 bits per heavy atom. The van der Waals surface area contributed by atoms with Gasteiger partial charge in [0.1, 0.15) is 6.04 Å². The molecule has 19 heavy (non-hydrogen) atoms. The number of hydrogen-bond acceptors (Lipinski definition) is 5. The van der Waals surface area contributed by atoms with Crippen LogP contribution in [0.4, 0.5) is 0 Å². The van der Waals surface area contributed by atoms with E-state index < -0.39 is 18.0 Å². The van der Waals surface area contributed by atoms with Crippen molar-refractivity contribution >= 4 is 17.8 Å². The molecule has 0 saturated carbocycles. The lowest BCUT2D eigenvalue weighted by Gasteiger charge is -2.23. The van der Waals surface area contributed by atoms with Crippen LogP contribution in [0.1, 0.15) is 25.7 Å². The fraction of sp³-hybridized carbons (Fsp3) is 0.750. The Kier molecular flexibility index (Phi) is 6.27. The SMILES string of the molecule is COC(=O)CCC(NC(=O)C1CCOCC1)C(=O)O. The Bertz CT molecular complexity index is 337. The number of esters is 1. The molecule has 0 bridgehead atoms. The zero-order chi connectivity index (χ0) is 14.3. The van der Waals surface area contributed by atoms with E-state index in [0.29, 0.717) is 26.1 Å². The van der Waals surface area contributed by atoms with E-state index in [1.54, 1.807) is 0 Å². The van der Waals surface area contributed by atoms with Gasteiger partial charge in [-0.05, 0) is 19.3 Å². The second kappa shape index (κ2) is 7.73. The van der Waals surface area contributed by atoms with E-state index in [1.807, 2.05) is 0 Å². The van der Waals surface area contributed by atoms with Gasteiger partial charge in [-0.3, -0.25) is 9.59 Å². The molecule has 0 aromatic heterocycles. The van der Waals surface area contributed by atoms with E-state index in [4.69, 9.17) is 9.84 Å². The van der Waals surface area contributed by atoms with Gasteiger partial charge >= 0.3 is 11.9 Å². The van der Waals surface area contributed by atoms with Crippen LogP contribution in [0.15, 0.2) is 0 Å². The van der Waals surface area contributed by atoms with Crippen LogP contribution in [0.3, 0.4) is 0 Å². The first-order valence-electron chi connectivity index (χ1n) is 6.22. The summed E-state index contributed by atoms with van der Waals surface area (Å²) in [5.74, 6) is -2.15. The number of nitrogens with one attached hydrogen (secondary N) is 1. The Morgan fingerprint density at radius 3 is 2.53 bits per heavy atom. The van der Waals surface area contributed by atoms with Crippen LogP contribution in [-0.4, -0.2) is 49.3 Å². The van der Waals surface area contributed by atoms with Gasteiger partial charge in [0.15, 0.2) is 0 Å². The highest BCUT2D eigenvalue weighted by molar-refractivity contribution is 5.85. The summed E-state index contributed by atoms with van der Waals surface area (Å²) in [7, 11) is 1.23. The molecule has 0 aliphatic carbocycles. The van der Waals surface area contributed by atoms with Gasteiger partial charge in [0.2, 0.25) is 5.91 Å². The van der Waals surface area contributed by atoms with Crippen LogP contribution >= 0.6 is 0 Å². The first kappa shape index (κ1) is 15.4. The summed E-state index contributed by atoms with van der Waals surface area (Å²) in [6, 6.07) is -1.06. The van der Waals surface area contributed by atoms with Gasteiger partial charge in [0.05, 0.1) is 7.11 Å². The van der Waals surface area contributed by atoms with E-state index in [0.717, 1.165) is 0 Å². The van der Waals surface area contributed by atoms with Gasteiger partial charge in [-0.25, -0.2) is 4.79 Å². The molecule has 0 aromatic rings. The summed E-state index contributed by atoms with van der Waals surface area (Å²) in [6.07, 6.45) is 1.17. The van der Waals surface area contributed by atoms with Crippen molar-refractivity contribution in [2.45, 2.75) is 31.7 Å². The number of aliphatic carboxylic acids is 1. The summed E-state index contributed by atoms with van der Waals surface area (Å²) < 4.78 is 9.58. The maximum Gasteiger partial charge on any atom is 0.326 e. The van der Waals surface area contributed by atoms with Crippen LogP contribution in [0.25, 0.3) is 0 Å². The number of carbonyl (C=O) groups is 3. The molecule has 2 N–H and O–H groups in total. The third-order valence-electron chi connectivity index (χ3n) is 3.07. The zero-order valence-electron chi connectivity index (χ0n) is 10.9. The van der Waals surface area contributed by atoms with Gasteiger partial charge in [-0.2, -0.15) is 0 Å². The third-order valence-corrected chi connectivity index (χ3v) is 3.07. The van der Waals surface area contributed by atoms with Crippen LogP contribution in [0, 0.1) is 5.92 Å². The summed E-state index contributed by atoms with van der Waals surface area (Å²) in [4.78, 5) is 33.9. The van der Waals surface area contributed by atoms with Gasteiger partial charge in [0.25, 0.3) is 0 Å². The molecule has 0 spiro atoms. The molecule has 1 rings (SSSR count). The summed E-state index contributed by atoms with van der Waals surface area (Å²) in [5, 5.41) is 11.5. The topological polar surface area (TPSA) is 102 Å². The molecule has 1 fully saturated rings. The first-order valence-corrected chi connectivity index (χ1v) is 6.22. The molecule has 1 aliphatic rings. The minimum atomic E-state index is -1.15. The maximum atomic E-state index is 11.9. The summed E-state index contributed by atoms with van der Waals surface area (Å²) in [5.41, 5.74) is 0. The second-order valence-electron chi connectivity index (χ2n) is 4.40. The van der Waals surface area contributed by atoms with Crippen molar-refractivity contribution in [1.29, 1.82) is 0 Å². The molecule has 7 heteroatoms. The molecule has 108 valence electrons. The van der Waals surface area contributed by atoms with Crippen LogP contribution in [0.5, 0.6) is 0 Å². The van der Waals surface area contributed by atoms with Gasteiger partial charge < -0.3 is 19.9 Å². The number of amides is 1. The normalized spacial score (nSPS) is 17.5. The molecule has 1 aliphatic heterocycles. The van der Waals surface area contributed by atoms with Crippen molar-refractivity contribution in [3.63, 3.8) is 0 Å². The number of carboxylic acid groups (broad SMARTS) is 1. The highest BCUT2D eigenvalue weighted by Crippen LogP contribution is 2.15. The van der Waals surface area contributed by atoms with E-state index in [-0.39, 0.29) is 24.7 Å². The quantitative estimate of drug-likeness (QED) is 0.657. The fourth-order valence-electron chi connectivity index (χ4n) is 1.87. The molecule has 0 aromatic carbocycles. The lowest BCUT2D eigenvalue weighted by molar-refractivity contribution is -0.145. The second-order valence-corrected chi connectivity index (χ2v) is 4.40. The Morgan fingerprint density at radius 1 is 1.37 bits per heavy atom. The Labute approximate surface area is 111 Å². The molecule has 1 atom stereocenters. The fourth-order valence-corrected chi connectivity index (χ4v) is 1.87. The van der Waals surface area contributed by atoms with Crippen molar-refractivity contribution in [3.8, 4) is 0 Å². The van der Waals surface area contributed by atoms with E-state index >= 15 is 0 Å². The van der Waals surface area contributed by atoms with Gasteiger partial charge in [-0.1, -0.05) is 0 Å². The molecule has 0 radical (unpaired) electrons. The summed E-state index contributed by atoms with van der Waals surface area (Å²) in [6.45, 7) is 1.02. The molecule has 1 unspecified atom stereocenters. The molecular formula is C12H19NO6. The van der Waals surface area contributed by atoms with E-state index in [1.165, 1.54) is 7.11 Å². The lowest BCUT2D eigenvalue weighted by atomic mass is 9.98. The number of rotatable bonds is 6. The molecule has 1 saturated heterocycles. The number of hydrogen-bond donors (Lipinski definition) is 2. The Hall–Kier alpha value is -1.63. The first-order chi connectivity index (χ1) is 9.04. The minimum Gasteiger partial charge on any atom is -0.480 e. The average Bonchev–Trinajstić information content (AvgIpc) is 2.43. The molecular weight excluding hydrogens is 254 g/mol. The predicted molar refractivity (Wildman–Crippen MR) is 64.4 cm³/mol. The van der Waals surface area contributed by atoms with Crippen molar-refractivity contribution < 1.29 is 29.0 Å². The number of methoxy groups -OCH3 is 1. The average molecular weight is 273 g/mol. The number of carbonyl (C=O) groups excluding carboxylic acids is 2. The van der Waals surface area contributed by atoms with Crippen LogP contribution in [-0.2, 0) is 23.9 Å². The highest BCUT2D eigenvalue weighted by Gasteiger charge is 2.27. The standard InChI is InChI=1S/C12H19NO6/c1-18-10(14)3-2-9(12(16)17)13-11(15)8-4-6-19-7-5-8/h8-9H,2-7H2,1H3,(H,13,15)(H,16,17). The molecule has 1 heterocycles. The van der Waals surface area contributed by atoms with Crippen molar-refractivity contribution in [3.05, 3.63) is 0 Å². The largest absolute Gasteiger partial charge is 0.480 e. The summed E-state index contributed by atoms with van der Waals surface area (Å²) >= 11 is 0. The monoisotopic (exact) mass is 273 g/mol. The number of ether oxygens (including phenoxy) is 2. The number of carboxylic acids is 1.